The van der Waals surface area contributed by atoms with E-state index in [4.69, 9.17) is 4.74 Å². The van der Waals surface area contributed by atoms with Gasteiger partial charge in [-0.2, -0.15) is 0 Å². The van der Waals surface area contributed by atoms with Crippen LogP contribution in [-0.2, 0) is 14.3 Å². The molecule has 8 heteroatoms. The molecule has 1 aliphatic rings. The minimum atomic E-state index is -1.48. The van der Waals surface area contributed by atoms with Gasteiger partial charge in [0.1, 0.15) is 18.2 Å². The van der Waals surface area contributed by atoms with Gasteiger partial charge in [0.05, 0.1) is 17.9 Å². The summed E-state index contributed by atoms with van der Waals surface area (Å²) in [5.74, 6) is -3.49. The zero-order valence-electron chi connectivity index (χ0n) is 15.5. The molecule has 146 valence electrons. The third-order valence-corrected chi connectivity index (χ3v) is 4.59. The van der Waals surface area contributed by atoms with Crippen molar-refractivity contribution in [3.8, 4) is 0 Å². The largest absolute Gasteiger partial charge is 0.481 e. The second-order valence-electron chi connectivity index (χ2n) is 7.99. The zero-order valence-corrected chi connectivity index (χ0v) is 15.5. The van der Waals surface area contributed by atoms with E-state index in [0.29, 0.717) is 12.8 Å². The molecule has 7 unspecified atom stereocenters. The number of aliphatic hydroxyl groups is 3. The van der Waals surface area contributed by atoms with Crippen LogP contribution in [0, 0.1) is 17.3 Å². The molecule has 0 aromatic rings. The van der Waals surface area contributed by atoms with Crippen LogP contribution < -0.4 is 5.32 Å². The Morgan fingerprint density at radius 1 is 1.16 bits per heavy atom. The maximum Gasteiger partial charge on any atom is 0.307 e. The fourth-order valence-corrected chi connectivity index (χ4v) is 3.04. The molecule has 0 radical (unpaired) electrons. The van der Waals surface area contributed by atoms with Crippen molar-refractivity contribution in [3.63, 3.8) is 0 Å². The molecule has 1 saturated heterocycles. The van der Waals surface area contributed by atoms with Gasteiger partial charge in [0, 0.05) is 0 Å². The normalized spacial score (nSPS) is 32.7. The summed E-state index contributed by atoms with van der Waals surface area (Å²) in [6.45, 7) is 8.87. The number of carbonyl (C=O) groups is 2. The summed E-state index contributed by atoms with van der Waals surface area (Å²) in [4.78, 5) is 24.0. The topological polar surface area (TPSA) is 136 Å². The van der Waals surface area contributed by atoms with Crippen molar-refractivity contribution in [1.29, 1.82) is 0 Å². The number of carboxylic acids is 1. The van der Waals surface area contributed by atoms with Crippen LogP contribution >= 0.6 is 0 Å². The molecule has 8 nitrogen and oxygen atoms in total. The van der Waals surface area contributed by atoms with E-state index in [1.54, 1.807) is 6.92 Å². The summed E-state index contributed by atoms with van der Waals surface area (Å²) in [6, 6.07) is -1.23. The van der Waals surface area contributed by atoms with Gasteiger partial charge in [0.15, 0.2) is 6.29 Å². The smallest absolute Gasteiger partial charge is 0.307 e. The highest BCUT2D eigenvalue weighted by Gasteiger charge is 2.45. The number of aliphatic carboxylic acids is 1. The van der Waals surface area contributed by atoms with Crippen LogP contribution in [0.4, 0.5) is 0 Å². The molecule has 1 fully saturated rings. The van der Waals surface area contributed by atoms with E-state index in [1.165, 1.54) is 6.92 Å². The first-order valence-corrected chi connectivity index (χ1v) is 8.62. The Kier molecular flexibility index (Phi) is 7.37. The van der Waals surface area contributed by atoms with Crippen molar-refractivity contribution in [3.05, 3.63) is 0 Å². The summed E-state index contributed by atoms with van der Waals surface area (Å²) in [6.07, 6.45) is -4.18. The van der Waals surface area contributed by atoms with Gasteiger partial charge in [-0.25, -0.2) is 0 Å². The van der Waals surface area contributed by atoms with E-state index in [1.807, 2.05) is 20.8 Å². The molecule has 1 rings (SSSR count). The highest BCUT2D eigenvalue weighted by atomic mass is 16.6. The highest BCUT2D eigenvalue weighted by molar-refractivity contribution is 5.84. The highest BCUT2D eigenvalue weighted by Crippen LogP contribution is 2.30. The Morgan fingerprint density at radius 2 is 1.72 bits per heavy atom. The first kappa shape index (κ1) is 21.8. The van der Waals surface area contributed by atoms with E-state index in [-0.39, 0.29) is 5.41 Å². The second kappa shape index (κ2) is 8.44. The standard InChI is InChI=1S/C17H31NO7/c1-6-10-12(19)13(20)11(16(24)25-10)18-14(21)9(7-17(3,4)5)8(2)15(22)23/h8-13,16,19-20,24H,6-7H2,1-5H3,(H,18,21)(H,22,23). The fraction of sp³-hybridized carbons (Fsp3) is 0.882. The van der Waals surface area contributed by atoms with Crippen LogP contribution in [0.25, 0.3) is 0 Å². The lowest BCUT2D eigenvalue weighted by Gasteiger charge is -2.41. The Morgan fingerprint density at radius 3 is 2.16 bits per heavy atom. The van der Waals surface area contributed by atoms with Gasteiger partial charge < -0.3 is 30.5 Å². The van der Waals surface area contributed by atoms with Crippen LogP contribution in [0.5, 0.6) is 0 Å². The number of carboxylic acid groups (broad SMARTS) is 1. The number of carbonyl (C=O) groups excluding carboxylic acids is 1. The van der Waals surface area contributed by atoms with Crippen molar-refractivity contribution in [2.24, 2.45) is 17.3 Å². The Labute approximate surface area is 148 Å². The Balaban J connectivity index is 2.93. The van der Waals surface area contributed by atoms with Gasteiger partial charge >= 0.3 is 5.97 Å². The molecule has 1 aliphatic heterocycles. The molecule has 1 heterocycles. The van der Waals surface area contributed by atoms with E-state index in [9.17, 15) is 30.0 Å². The lowest BCUT2D eigenvalue weighted by atomic mass is 9.78. The maximum atomic E-state index is 12.7. The minimum Gasteiger partial charge on any atom is -0.481 e. The summed E-state index contributed by atoms with van der Waals surface area (Å²) in [5, 5.41) is 42.0. The number of nitrogens with one attached hydrogen (secondary N) is 1. The van der Waals surface area contributed by atoms with Crippen molar-refractivity contribution in [1.82, 2.24) is 5.32 Å². The number of hydrogen-bond acceptors (Lipinski definition) is 6. The first-order chi connectivity index (χ1) is 11.4. The quantitative estimate of drug-likeness (QED) is 0.452. The van der Waals surface area contributed by atoms with Gasteiger partial charge in [0.25, 0.3) is 0 Å². The molecule has 0 aromatic carbocycles. The molecule has 0 saturated carbocycles. The Bertz CT molecular complexity index is 476. The van der Waals surface area contributed by atoms with Crippen molar-refractivity contribution >= 4 is 11.9 Å². The lowest BCUT2D eigenvalue weighted by Crippen LogP contribution is -2.64. The van der Waals surface area contributed by atoms with Gasteiger partial charge in [0.2, 0.25) is 5.91 Å². The maximum absolute atomic E-state index is 12.7. The van der Waals surface area contributed by atoms with Crippen LogP contribution in [-0.4, -0.2) is 62.9 Å². The summed E-state index contributed by atoms with van der Waals surface area (Å²) in [5.41, 5.74) is -0.293. The minimum absolute atomic E-state index is 0.293. The first-order valence-electron chi connectivity index (χ1n) is 8.62. The van der Waals surface area contributed by atoms with E-state index < -0.39 is 54.4 Å². The number of hydrogen-bond donors (Lipinski definition) is 5. The lowest BCUT2D eigenvalue weighted by molar-refractivity contribution is -0.248. The molecule has 25 heavy (non-hydrogen) atoms. The Hall–Kier alpha value is -1.22. The van der Waals surface area contributed by atoms with Gasteiger partial charge in [-0.15, -0.1) is 0 Å². The predicted molar refractivity (Wildman–Crippen MR) is 89.5 cm³/mol. The zero-order chi connectivity index (χ0) is 19.5. The average molecular weight is 361 g/mol. The SMILES string of the molecule is CCC1OC(O)C(NC(=O)C(CC(C)(C)C)C(C)C(=O)O)C(O)C1O. The number of ether oxygens (including phenoxy) is 1. The van der Waals surface area contributed by atoms with E-state index in [2.05, 4.69) is 5.32 Å². The summed E-state index contributed by atoms with van der Waals surface area (Å²) in [7, 11) is 0. The molecule has 0 aromatic heterocycles. The van der Waals surface area contributed by atoms with Crippen LogP contribution in [0.2, 0.25) is 0 Å². The third kappa shape index (κ3) is 5.64. The van der Waals surface area contributed by atoms with Crippen LogP contribution in [0.3, 0.4) is 0 Å². The molecule has 0 aliphatic carbocycles. The molecule has 5 N–H and O–H groups in total. The predicted octanol–water partition coefficient (Wildman–Crippen LogP) is 0.0933. The number of aliphatic hydroxyl groups excluding tert-OH is 3. The second-order valence-corrected chi connectivity index (χ2v) is 7.99. The number of amides is 1. The van der Waals surface area contributed by atoms with Crippen molar-refractivity contribution < 1.29 is 34.8 Å². The summed E-state index contributed by atoms with van der Waals surface area (Å²) >= 11 is 0. The molecule has 0 spiro atoms. The van der Waals surface area contributed by atoms with Crippen LogP contribution in [0.1, 0.15) is 47.5 Å². The van der Waals surface area contributed by atoms with E-state index in [0.717, 1.165) is 0 Å². The molecular weight excluding hydrogens is 330 g/mol. The van der Waals surface area contributed by atoms with Crippen molar-refractivity contribution in [2.75, 3.05) is 0 Å². The fourth-order valence-electron chi connectivity index (χ4n) is 3.04. The molecule has 1 amide bonds. The van der Waals surface area contributed by atoms with Gasteiger partial charge in [-0.05, 0) is 18.3 Å². The van der Waals surface area contributed by atoms with Gasteiger partial charge in [-0.1, -0.05) is 34.6 Å². The third-order valence-electron chi connectivity index (χ3n) is 4.59. The van der Waals surface area contributed by atoms with Gasteiger partial charge in [-0.3, -0.25) is 9.59 Å². The molecule has 0 bridgehead atoms. The number of rotatable bonds is 6. The molecular formula is C17H31NO7. The summed E-state index contributed by atoms with van der Waals surface area (Å²) < 4.78 is 5.23. The molecule has 7 atom stereocenters. The monoisotopic (exact) mass is 361 g/mol. The van der Waals surface area contributed by atoms with E-state index >= 15 is 0 Å². The van der Waals surface area contributed by atoms with Crippen LogP contribution in [0.15, 0.2) is 0 Å². The van der Waals surface area contributed by atoms with Crippen molar-refractivity contribution in [2.45, 2.75) is 78.1 Å². The average Bonchev–Trinajstić information content (AvgIpc) is 2.50.